The topological polar surface area (TPSA) is 106 Å². The van der Waals surface area contributed by atoms with Crippen molar-refractivity contribution in [2.75, 3.05) is 25.0 Å². The number of hydrogen-bond donors (Lipinski definition) is 3. The van der Waals surface area contributed by atoms with Gasteiger partial charge < -0.3 is 15.5 Å². The van der Waals surface area contributed by atoms with E-state index in [2.05, 4.69) is 10.6 Å². The monoisotopic (exact) mass is 365 g/mol. The maximum Gasteiger partial charge on any atom is 0.293 e. The van der Waals surface area contributed by atoms with Gasteiger partial charge in [-0.15, -0.1) is 0 Å². The molecule has 26 heavy (non-hydrogen) atoms. The van der Waals surface area contributed by atoms with Gasteiger partial charge in [0.1, 0.15) is 5.69 Å². The molecule has 144 valence electrons. The van der Waals surface area contributed by atoms with Crippen LogP contribution in [0.1, 0.15) is 38.8 Å². The lowest BCUT2D eigenvalue weighted by Gasteiger charge is -2.23. The molecule has 0 aliphatic rings. The summed E-state index contributed by atoms with van der Waals surface area (Å²) in [5.74, 6) is -0.504. The minimum atomic E-state index is -0.511. The highest BCUT2D eigenvalue weighted by Gasteiger charge is 2.22. The highest BCUT2D eigenvalue weighted by Crippen LogP contribution is 2.27. The Labute approximate surface area is 154 Å². The lowest BCUT2D eigenvalue weighted by atomic mass is 10.1. The molecule has 0 saturated carbocycles. The second-order valence-corrected chi connectivity index (χ2v) is 7.51. The van der Waals surface area contributed by atoms with Gasteiger partial charge in [0, 0.05) is 11.6 Å². The Hall–Kier alpha value is -2.48. The third kappa shape index (κ3) is 6.79. The summed E-state index contributed by atoms with van der Waals surface area (Å²) in [7, 11) is 0. The fourth-order valence-corrected chi connectivity index (χ4v) is 2.48. The van der Waals surface area contributed by atoms with E-state index in [0.29, 0.717) is 6.54 Å². The van der Waals surface area contributed by atoms with Crippen LogP contribution in [0.25, 0.3) is 0 Å². The first kappa shape index (κ1) is 21.6. The van der Waals surface area contributed by atoms with Gasteiger partial charge in [-0.3, -0.25) is 19.7 Å². The molecule has 8 heteroatoms. The number of nitrogens with one attached hydrogen (secondary N) is 3. The zero-order valence-corrected chi connectivity index (χ0v) is 16.4. The van der Waals surface area contributed by atoms with Gasteiger partial charge in [0.25, 0.3) is 17.5 Å². The maximum atomic E-state index is 12.3. The van der Waals surface area contributed by atoms with E-state index >= 15 is 0 Å². The largest absolute Gasteiger partial charge is 0.347 e. The molecule has 0 aliphatic heterocycles. The van der Waals surface area contributed by atoms with Crippen LogP contribution < -0.4 is 15.5 Å². The van der Waals surface area contributed by atoms with Crippen LogP contribution in [0.5, 0.6) is 0 Å². The molecule has 1 aromatic rings. The van der Waals surface area contributed by atoms with Gasteiger partial charge in [0.15, 0.2) is 13.1 Å². The number of carbonyl (C=O) groups excluding carboxylic acids is 2. The van der Waals surface area contributed by atoms with Crippen molar-refractivity contribution in [3.8, 4) is 0 Å². The first-order chi connectivity index (χ1) is 11.9. The summed E-state index contributed by atoms with van der Waals surface area (Å²) in [4.78, 5) is 35.9. The molecular weight excluding hydrogens is 336 g/mol. The summed E-state index contributed by atoms with van der Waals surface area (Å²) < 4.78 is 0. The summed E-state index contributed by atoms with van der Waals surface area (Å²) in [6, 6.07) is 3.05. The number of carbonyl (C=O) groups is 2. The van der Waals surface area contributed by atoms with Crippen molar-refractivity contribution in [3.05, 3.63) is 33.4 Å². The number of rotatable bonds is 7. The maximum absolute atomic E-state index is 12.3. The summed E-state index contributed by atoms with van der Waals surface area (Å²) in [6.07, 6.45) is 0. The van der Waals surface area contributed by atoms with Crippen LogP contribution in [0.15, 0.2) is 12.1 Å². The van der Waals surface area contributed by atoms with E-state index < -0.39 is 4.92 Å². The lowest BCUT2D eigenvalue weighted by Crippen LogP contribution is -3.14. The first-order valence-electron chi connectivity index (χ1n) is 8.63. The van der Waals surface area contributed by atoms with E-state index in [-0.39, 0.29) is 41.8 Å². The van der Waals surface area contributed by atoms with Crippen molar-refractivity contribution in [2.24, 2.45) is 0 Å². The van der Waals surface area contributed by atoms with Crippen LogP contribution in [-0.2, 0) is 9.59 Å². The number of likely N-dealkylation sites (N-methyl/N-ethyl adjacent to an activating group) is 1. The third-order valence-corrected chi connectivity index (χ3v) is 3.92. The van der Waals surface area contributed by atoms with E-state index in [0.717, 1.165) is 16.0 Å². The fourth-order valence-electron chi connectivity index (χ4n) is 2.48. The quantitative estimate of drug-likeness (QED) is 0.494. The molecule has 0 aliphatic carbocycles. The normalized spacial score (nSPS) is 12.4. The van der Waals surface area contributed by atoms with E-state index in [9.17, 15) is 19.7 Å². The van der Waals surface area contributed by atoms with E-state index in [1.165, 1.54) is 6.07 Å². The zero-order chi connectivity index (χ0) is 20.1. The van der Waals surface area contributed by atoms with E-state index in [1.807, 2.05) is 34.6 Å². The zero-order valence-electron chi connectivity index (χ0n) is 16.4. The second-order valence-electron chi connectivity index (χ2n) is 7.51. The Morgan fingerprint density at radius 1 is 1.12 bits per heavy atom. The molecule has 0 heterocycles. The Morgan fingerprint density at radius 2 is 1.65 bits per heavy atom. The number of amides is 2. The van der Waals surface area contributed by atoms with Crippen molar-refractivity contribution in [1.82, 2.24) is 5.32 Å². The van der Waals surface area contributed by atoms with E-state index in [1.54, 1.807) is 13.0 Å². The molecule has 3 N–H and O–H groups in total. The smallest absolute Gasteiger partial charge is 0.293 e. The Bertz CT molecular complexity index is 695. The van der Waals surface area contributed by atoms with Crippen molar-refractivity contribution in [3.63, 3.8) is 0 Å². The standard InChI is InChI=1S/C18H28N4O4/c1-7-21(11-17(24)20-18(4,5)6)10-16(23)19-14-8-12(2)13(3)9-15(14)22(25)26/h8-9H,7,10-11H2,1-6H3,(H,19,23)(H,20,24)/p+1. The molecular formula is C18H29N4O4+. The van der Waals surface area contributed by atoms with Crippen LogP contribution in [0.3, 0.4) is 0 Å². The van der Waals surface area contributed by atoms with Crippen LogP contribution in [-0.4, -0.2) is 41.9 Å². The molecule has 0 fully saturated rings. The number of quaternary nitrogens is 1. The molecule has 1 atom stereocenters. The van der Waals surface area contributed by atoms with Gasteiger partial charge in [0.2, 0.25) is 0 Å². The summed E-state index contributed by atoms with van der Waals surface area (Å²) in [5.41, 5.74) is 1.35. The number of anilines is 1. The molecule has 1 rings (SSSR count). The number of nitrogens with zero attached hydrogens (tertiary/aromatic N) is 1. The van der Waals surface area contributed by atoms with Crippen molar-refractivity contribution in [2.45, 2.75) is 47.1 Å². The first-order valence-corrected chi connectivity index (χ1v) is 8.63. The average Bonchev–Trinajstić information content (AvgIpc) is 2.47. The predicted octanol–water partition coefficient (Wildman–Crippen LogP) is 0.970. The molecule has 1 aromatic carbocycles. The van der Waals surface area contributed by atoms with Crippen LogP contribution in [0.2, 0.25) is 0 Å². The summed E-state index contributed by atoms with van der Waals surface area (Å²) in [6.45, 7) is 12.0. The molecule has 2 amide bonds. The van der Waals surface area contributed by atoms with E-state index in [4.69, 9.17) is 0 Å². The fraction of sp³-hybridized carbons (Fsp3) is 0.556. The summed E-state index contributed by atoms with van der Waals surface area (Å²) >= 11 is 0. The van der Waals surface area contributed by atoms with Crippen LogP contribution in [0, 0.1) is 24.0 Å². The Kier molecular flexibility index (Phi) is 7.26. The van der Waals surface area contributed by atoms with Crippen molar-refractivity contribution in [1.29, 1.82) is 0 Å². The molecule has 0 bridgehead atoms. The van der Waals surface area contributed by atoms with Crippen molar-refractivity contribution >= 4 is 23.2 Å². The van der Waals surface area contributed by atoms with Gasteiger partial charge in [-0.25, -0.2) is 0 Å². The minimum absolute atomic E-state index is 0.0537. The molecule has 0 radical (unpaired) electrons. The predicted molar refractivity (Wildman–Crippen MR) is 100 cm³/mol. The van der Waals surface area contributed by atoms with Gasteiger partial charge in [0.05, 0.1) is 11.5 Å². The van der Waals surface area contributed by atoms with Crippen LogP contribution in [0.4, 0.5) is 11.4 Å². The third-order valence-electron chi connectivity index (χ3n) is 3.92. The Balaban J connectivity index is 2.80. The molecule has 0 spiro atoms. The highest BCUT2D eigenvalue weighted by atomic mass is 16.6. The Morgan fingerprint density at radius 3 is 2.15 bits per heavy atom. The SMILES string of the molecule is CC[NH+](CC(=O)Nc1cc(C)c(C)cc1[N+](=O)[O-])CC(=O)NC(C)(C)C. The minimum Gasteiger partial charge on any atom is -0.347 e. The molecule has 1 unspecified atom stereocenters. The van der Waals surface area contributed by atoms with Crippen molar-refractivity contribution < 1.29 is 19.4 Å². The molecule has 0 saturated heterocycles. The van der Waals surface area contributed by atoms with Gasteiger partial charge in [-0.1, -0.05) is 0 Å². The number of aryl methyl sites for hydroxylation is 2. The van der Waals surface area contributed by atoms with Crippen LogP contribution >= 0.6 is 0 Å². The number of nitro benzene ring substituents is 1. The van der Waals surface area contributed by atoms with Gasteiger partial charge in [-0.2, -0.15) is 0 Å². The number of nitro groups is 1. The van der Waals surface area contributed by atoms with Gasteiger partial charge in [-0.05, 0) is 58.7 Å². The highest BCUT2D eigenvalue weighted by molar-refractivity contribution is 5.94. The van der Waals surface area contributed by atoms with Gasteiger partial charge >= 0.3 is 0 Å². The lowest BCUT2D eigenvalue weighted by molar-refractivity contribution is -0.881. The second kappa shape index (κ2) is 8.75. The molecule has 8 nitrogen and oxygen atoms in total. The number of benzene rings is 1. The average molecular weight is 365 g/mol. The summed E-state index contributed by atoms with van der Waals surface area (Å²) in [5, 5.41) is 16.7. The number of hydrogen-bond acceptors (Lipinski definition) is 4. The molecule has 0 aromatic heterocycles.